The summed E-state index contributed by atoms with van der Waals surface area (Å²) in [4.78, 5) is 0. The highest BCUT2D eigenvalue weighted by atomic mass is 19.4. The van der Waals surface area contributed by atoms with Crippen LogP contribution in [0.4, 0.5) is 26.3 Å². The van der Waals surface area contributed by atoms with E-state index in [1.807, 2.05) is 0 Å². The molecule has 1 aliphatic rings. The summed E-state index contributed by atoms with van der Waals surface area (Å²) in [5.41, 5.74) is 0.136. The minimum Gasteiger partial charge on any atom is -0.429 e. The summed E-state index contributed by atoms with van der Waals surface area (Å²) >= 11 is 0. The van der Waals surface area contributed by atoms with E-state index in [-0.39, 0.29) is 11.8 Å². The Hall–Kier alpha value is -2.38. The lowest BCUT2D eigenvalue weighted by molar-refractivity contribution is -0.275. The van der Waals surface area contributed by atoms with Gasteiger partial charge in [0.25, 0.3) is 0 Å². The fourth-order valence-corrected chi connectivity index (χ4v) is 3.81. The van der Waals surface area contributed by atoms with E-state index < -0.39 is 29.6 Å². The predicted molar refractivity (Wildman–Crippen MR) is 99.0 cm³/mol. The lowest BCUT2D eigenvalue weighted by atomic mass is 9.78. The molecular formula is C22H22F6O2. The third-order valence-electron chi connectivity index (χ3n) is 5.52. The smallest absolute Gasteiger partial charge is 0.429 e. The third kappa shape index (κ3) is 5.61. The largest absolute Gasteiger partial charge is 0.573 e. The number of hydrogen-bond donors (Lipinski definition) is 0. The van der Waals surface area contributed by atoms with E-state index >= 15 is 0 Å². The first-order chi connectivity index (χ1) is 14.1. The van der Waals surface area contributed by atoms with E-state index in [4.69, 9.17) is 4.74 Å². The molecule has 0 saturated heterocycles. The molecule has 0 N–H and O–H groups in total. The van der Waals surface area contributed by atoms with Crippen LogP contribution in [0.2, 0.25) is 0 Å². The van der Waals surface area contributed by atoms with Crippen LogP contribution >= 0.6 is 0 Å². The van der Waals surface area contributed by atoms with Crippen molar-refractivity contribution in [3.8, 4) is 11.5 Å². The third-order valence-corrected chi connectivity index (χ3v) is 5.52. The molecule has 1 fully saturated rings. The average molecular weight is 432 g/mol. The zero-order valence-electron chi connectivity index (χ0n) is 16.3. The number of hydrogen-bond acceptors (Lipinski definition) is 2. The van der Waals surface area contributed by atoms with Gasteiger partial charge in [-0.05, 0) is 73.4 Å². The molecule has 8 heteroatoms. The maximum absolute atomic E-state index is 14.4. The minimum atomic E-state index is -5.13. The van der Waals surface area contributed by atoms with Crippen molar-refractivity contribution < 1.29 is 35.8 Å². The van der Waals surface area contributed by atoms with Gasteiger partial charge in [0.2, 0.25) is 0 Å². The number of alkyl halides is 5. The van der Waals surface area contributed by atoms with Crippen molar-refractivity contribution in [2.45, 2.75) is 57.4 Å². The van der Waals surface area contributed by atoms with Crippen molar-refractivity contribution in [1.82, 2.24) is 0 Å². The Kier molecular flexibility index (Phi) is 6.53. The Morgan fingerprint density at radius 1 is 0.867 bits per heavy atom. The summed E-state index contributed by atoms with van der Waals surface area (Å²) in [6.45, 7) is 2.18. The summed E-state index contributed by atoms with van der Waals surface area (Å²) in [6, 6.07) is 7.71. The molecule has 0 aliphatic heterocycles. The molecule has 0 aromatic heterocycles. The van der Waals surface area contributed by atoms with Crippen molar-refractivity contribution >= 4 is 0 Å². The molecule has 30 heavy (non-hydrogen) atoms. The first-order valence-corrected chi connectivity index (χ1v) is 9.80. The van der Waals surface area contributed by atoms with Crippen molar-refractivity contribution in [3.63, 3.8) is 0 Å². The second-order valence-electron chi connectivity index (χ2n) is 7.51. The second-order valence-corrected chi connectivity index (χ2v) is 7.51. The lowest BCUT2D eigenvalue weighted by Gasteiger charge is -2.28. The Balaban J connectivity index is 1.67. The summed E-state index contributed by atoms with van der Waals surface area (Å²) in [5.74, 6) is -1.74. The molecule has 0 unspecified atom stereocenters. The zero-order chi connectivity index (χ0) is 21.9. The number of halogens is 6. The van der Waals surface area contributed by atoms with Crippen LogP contribution < -0.4 is 9.47 Å². The van der Waals surface area contributed by atoms with Crippen LogP contribution in [0, 0.1) is 11.7 Å². The van der Waals surface area contributed by atoms with Gasteiger partial charge in [0.1, 0.15) is 5.75 Å². The number of ether oxygens (including phenoxy) is 2. The molecule has 0 radical (unpaired) electrons. The topological polar surface area (TPSA) is 18.5 Å². The van der Waals surface area contributed by atoms with Crippen LogP contribution in [0.5, 0.6) is 11.5 Å². The van der Waals surface area contributed by atoms with Crippen LogP contribution in [0.15, 0.2) is 42.5 Å². The van der Waals surface area contributed by atoms with Gasteiger partial charge in [-0.3, -0.25) is 0 Å². The first kappa shape index (κ1) is 22.3. The van der Waals surface area contributed by atoms with Gasteiger partial charge in [0.05, 0.1) is 5.56 Å². The van der Waals surface area contributed by atoms with Crippen LogP contribution in [0.25, 0.3) is 0 Å². The normalized spacial score (nSPS) is 20.1. The van der Waals surface area contributed by atoms with E-state index in [9.17, 15) is 26.3 Å². The fraction of sp³-hybridized carbons (Fsp3) is 0.455. The SMILES string of the molecule is CCC1CCC(c2ccc(OC(F)(F)c3ccc(OC(F)(F)F)c(F)c3)cc2)CC1. The molecule has 2 aromatic rings. The first-order valence-electron chi connectivity index (χ1n) is 9.80. The molecule has 0 spiro atoms. The Morgan fingerprint density at radius 3 is 2.03 bits per heavy atom. The molecule has 0 bridgehead atoms. The molecule has 2 aromatic carbocycles. The molecule has 1 saturated carbocycles. The van der Waals surface area contributed by atoms with Crippen molar-refractivity contribution in [2.75, 3.05) is 0 Å². The highest BCUT2D eigenvalue weighted by Crippen LogP contribution is 2.39. The van der Waals surface area contributed by atoms with Crippen molar-refractivity contribution in [3.05, 3.63) is 59.4 Å². The highest BCUT2D eigenvalue weighted by Gasteiger charge is 2.37. The Bertz CT molecular complexity index is 840. The van der Waals surface area contributed by atoms with Crippen LogP contribution in [-0.2, 0) is 6.11 Å². The fourth-order valence-electron chi connectivity index (χ4n) is 3.81. The summed E-state index contributed by atoms with van der Waals surface area (Å²) in [6.07, 6.45) is -3.48. The van der Waals surface area contributed by atoms with Gasteiger partial charge in [0, 0.05) is 0 Å². The highest BCUT2D eigenvalue weighted by molar-refractivity contribution is 5.33. The van der Waals surface area contributed by atoms with Gasteiger partial charge in [-0.2, -0.15) is 8.78 Å². The number of rotatable bonds is 6. The van der Waals surface area contributed by atoms with Crippen molar-refractivity contribution in [2.24, 2.45) is 5.92 Å². The van der Waals surface area contributed by atoms with E-state index in [1.54, 1.807) is 12.1 Å². The van der Waals surface area contributed by atoms with Gasteiger partial charge in [0.15, 0.2) is 11.6 Å². The quantitative estimate of drug-likeness (QED) is 0.439. The molecular weight excluding hydrogens is 410 g/mol. The Morgan fingerprint density at radius 2 is 1.50 bits per heavy atom. The standard InChI is InChI=1S/C22H22F6O2/c1-2-14-3-5-15(6-4-14)16-7-10-18(11-8-16)29-21(24,25)17-9-12-20(19(23)13-17)30-22(26,27)28/h7-15H,2-6H2,1H3. The monoisotopic (exact) mass is 432 g/mol. The average Bonchev–Trinajstić information content (AvgIpc) is 2.69. The Labute approximate surface area is 170 Å². The molecule has 0 heterocycles. The summed E-state index contributed by atoms with van der Waals surface area (Å²) in [7, 11) is 0. The maximum Gasteiger partial charge on any atom is 0.573 e. The summed E-state index contributed by atoms with van der Waals surface area (Å²) in [5, 5.41) is 0. The molecule has 3 rings (SSSR count). The zero-order valence-corrected chi connectivity index (χ0v) is 16.3. The predicted octanol–water partition coefficient (Wildman–Crippen LogP) is 7.54. The van der Waals surface area contributed by atoms with Gasteiger partial charge in [-0.1, -0.05) is 25.5 Å². The van der Waals surface area contributed by atoms with Gasteiger partial charge in [-0.25, -0.2) is 4.39 Å². The lowest BCUT2D eigenvalue weighted by Crippen LogP contribution is -2.23. The second kappa shape index (κ2) is 8.78. The molecule has 0 atom stereocenters. The molecule has 0 amide bonds. The van der Waals surface area contributed by atoms with Gasteiger partial charge >= 0.3 is 12.5 Å². The number of benzene rings is 2. The molecule has 2 nitrogen and oxygen atoms in total. The van der Waals surface area contributed by atoms with Crippen LogP contribution in [-0.4, -0.2) is 6.36 Å². The van der Waals surface area contributed by atoms with Crippen molar-refractivity contribution in [1.29, 1.82) is 0 Å². The van der Waals surface area contributed by atoms with E-state index in [1.165, 1.54) is 18.6 Å². The van der Waals surface area contributed by atoms with E-state index in [0.717, 1.165) is 37.2 Å². The molecule has 164 valence electrons. The minimum absolute atomic E-state index is 0.123. The van der Waals surface area contributed by atoms with Crippen LogP contribution in [0.3, 0.4) is 0 Å². The van der Waals surface area contributed by atoms with Crippen LogP contribution in [0.1, 0.15) is 56.1 Å². The molecule has 1 aliphatic carbocycles. The van der Waals surface area contributed by atoms with E-state index in [0.29, 0.717) is 18.1 Å². The maximum atomic E-state index is 14.4. The van der Waals surface area contributed by atoms with E-state index in [2.05, 4.69) is 11.7 Å². The van der Waals surface area contributed by atoms with Gasteiger partial charge in [-0.15, -0.1) is 13.2 Å². The summed E-state index contributed by atoms with van der Waals surface area (Å²) < 4.78 is 87.2. The van der Waals surface area contributed by atoms with Gasteiger partial charge < -0.3 is 9.47 Å².